The predicted molar refractivity (Wildman–Crippen MR) is 59.9 cm³/mol. The molecule has 70 valence electrons. The smallest absolute Gasteiger partial charge is 0.174 e. The third-order valence-electron chi connectivity index (χ3n) is 1.41. The number of halogens is 4. The molecule has 0 saturated heterocycles. The summed E-state index contributed by atoms with van der Waals surface area (Å²) < 4.78 is 13.9. The summed E-state index contributed by atoms with van der Waals surface area (Å²) in [6.45, 7) is 0. The first-order valence-corrected chi connectivity index (χ1v) is 6.00. The second kappa shape index (κ2) is 4.66. The van der Waals surface area contributed by atoms with Crippen LogP contribution in [0, 0.1) is 5.82 Å². The first-order valence-electron chi connectivity index (χ1n) is 3.30. The Hall–Kier alpha value is 0.260. The van der Waals surface area contributed by atoms with Crippen molar-refractivity contribution in [1.82, 2.24) is 0 Å². The number of Topliss-reactive ketones (excluding diaryl/α,β-unsaturated/α-hetero) is 1. The highest BCUT2D eigenvalue weighted by molar-refractivity contribution is 9.11. The molecule has 0 fully saturated rings. The predicted octanol–water partition coefficient (Wildman–Crippen LogP) is 3.93. The van der Waals surface area contributed by atoms with Crippen LogP contribution < -0.4 is 0 Å². The van der Waals surface area contributed by atoms with Crippen molar-refractivity contribution in [2.75, 3.05) is 5.33 Å². The van der Waals surface area contributed by atoms with Gasteiger partial charge in [-0.3, -0.25) is 4.79 Å². The van der Waals surface area contributed by atoms with Crippen molar-refractivity contribution >= 4 is 53.6 Å². The van der Waals surface area contributed by atoms with Crippen LogP contribution in [-0.2, 0) is 0 Å². The molecule has 0 radical (unpaired) electrons. The van der Waals surface area contributed by atoms with Crippen molar-refractivity contribution < 1.29 is 9.18 Å². The molecule has 1 rings (SSSR count). The summed E-state index contributed by atoms with van der Waals surface area (Å²) in [6.07, 6.45) is 0. The van der Waals surface area contributed by atoms with E-state index in [2.05, 4.69) is 47.8 Å². The summed E-state index contributed by atoms with van der Waals surface area (Å²) in [7, 11) is 0. The quantitative estimate of drug-likeness (QED) is 0.435. The first-order chi connectivity index (χ1) is 6.06. The van der Waals surface area contributed by atoms with Gasteiger partial charge < -0.3 is 0 Å². The van der Waals surface area contributed by atoms with E-state index in [-0.39, 0.29) is 15.6 Å². The van der Waals surface area contributed by atoms with Crippen LogP contribution in [0.3, 0.4) is 0 Å². The molecule has 0 heterocycles. The molecule has 13 heavy (non-hydrogen) atoms. The van der Waals surface area contributed by atoms with Crippen molar-refractivity contribution in [3.05, 3.63) is 32.5 Å². The van der Waals surface area contributed by atoms with E-state index in [0.717, 1.165) is 0 Å². The van der Waals surface area contributed by atoms with Gasteiger partial charge in [-0.1, -0.05) is 31.9 Å². The number of ketones is 1. The second-order valence-electron chi connectivity index (χ2n) is 2.31. The third kappa shape index (κ3) is 2.60. The Bertz CT molecular complexity index is 351. The molecule has 0 amide bonds. The highest BCUT2D eigenvalue weighted by atomic mass is 79.9. The molecular formula is C8H4Br3FO. The standard InChI is InChI=1S/C8H4Br3FO/c9-3-7(13)5-1-4(10)2-6(12)8(5)11/h1-2H,3H2. The van der Waals surface area contributed by atoms with Gasteiger partial charge >= 0.3 is 0 Å². The monoisotopic (exact) mass is 372 g/mol. The Morgan fingerprint density at radius 3 is 2.54 bits per heavy atom. The number of hydrogen-bond acceptors (Lipinski definition) is 1. The van der Waals surface area contributed by atoms with Crippen LogP contribution in [0.5, 0.6) is 0 Å². The molecule has 0 bridgehead atoms. The van der Waals surface area contributed by atoms with Gasteiger partial charge in [0.25, 0.3) is 0 Å². The van der Waals surface area contributed by atoms with Crippen molar-refractivity contribution in [2.45, 2.75) is 0 Å². The van der Waals surface area contributed by atoms with Gasteiger partial charge in [0.05, 0.1) is 9.80 Å². The van der Waals surface area contributed by atoms with E-state index in [4.69, 9.17) is 0 Å². The fourth-order valence-electron chi connectivity index (χ4n) is 0.831. The molecule has 1 nitrogen and oxygen atoms in total. The molecule has 5 heteroatoms. The van der Waals surface area contributed by atoms with E-state index in [0.29, 0.717) is 10.0 Å². The maximum absolute atomic E-state index is 13.1. The Morgan fingerprint density at radius 2 is 2.00 bits per heavy atom. The lowest BCUT2D eigenvalue weighted by molar-refractivity contribution is 0.102. The summed E-state index contributed by atoms with van der Waals surface area (Å²) in [6, 6.07) is 2.88. The summed E-state index contributed by atoms with van der Waals surface area (Å²) in [5.74, 6) is -0.606. The fourth-order valence-corrected chi connectivity index (χ4v) is 2.01. The summed E-state index contributed by atoms with van der Waals surface area (Å²) in [4.78, 5) is 11.3. The first kappa shape index (κ1) is 11.3. The zero-order chi connectivity index (χ0) is 10.0. The van der Waals surface area contributed by atoms with Crippen molar-refractivity contribution in [3.63, 3.8) is 0 Å². The van der Waals surface area contributed by atoms with Gasteiger partial charge in [-0.2, -0.15) is 0 Å². The number of alkyl halides is 1. The molecule has 0 aliphatic carbocycles. The van der Waals surface area contributed by atoms with Gasteiger partial charge in [0.15, 0.2) is 5.78 Å². The van der Waals surface area contributed by atoms with E-state index in [1.165, 1.54) is 6.07 Å². The van der Waals surface area contributed by atoms with E-state index in [1.54, 1.807) is 6.07 Å². The summed E-state index contributed by atoms with van der Waals surface area (Å²) >= 11 is 9.16. The number of carbonyl (C=O) groups is 1. The Labute approximate surface area is 100 Å². The maximum Gasteiger partial charge on any atom is 0.174 e. The van der Waals surface area contributed by atoms with Crippen LogP contribution in [0.2, 0.25) is 0 Å². The van der Waals surface area contributed by atoms with Gasteiger partial charge in [0, 0.05) is 10.0 Å². The van der Waals surface area contributed by atoms with E-state index in [1.807, 2.05) is 0 Å². The van der Waals surface area contributed by atoms with Crippen molar-refractivity contribution in [3.8, 4) is 0 Å². The molecule has 0 unspecified atom stereocenters. The molecule has 0 N–H and O–H groups in total. The maximum atomic E-state index is 13.1. The Morgan fingerprint density at radius 1 is 1.38 bits per heavy atom. The van der Waals surface area contributed by atoms with Crippen LogP contribution in [0.1, 0.15) is 10.4 Å². The summed E-state index contributed by atoms with van der Waals surface area (Å²) in [5, 5.41) is 0.182. The highest BCUT2D eigenvalue weighted by Gasteiger charge is 2.13. The third-order valence-corrected chi connectivity index (χ3v) is 3.19. The van der Waals surface area contributed by atoms with Crippen molar-refractivity contribution in [2.24, 2.45) is 0 Å². The number of hydrogen-bond donors (Lipinski definition) is 0. The molecule has 0 spiro atoms. The molecule has 0 aromatic heterocycles. The Kier molecular flexibility index (Phi) is 4.06. The van der Waals surface area contributed by atoms with Crippen LogP contribution in [0.15, 0.2) is 21.1 Å². The molecule has 1 aromatic rings. The van der Waals surface area contributed by atoms with Crippen molar-refractivity contribution in [1.29, 1.82) is 0 Å². The minimum Gasteiger partial charge on any atom is -0.293 e. The topological polar surface area (TPSA) is 17.1 Å². The van der Waals surface area contributed by atoms with Gasteiger partial charge in [0.1, 0.15) is 5.82 Å². The van der Waals surface area contributed by atoms with Crippen LogP contribution >= 0.6 is 47.8 Å². The number of benzene rings is 1. The number of rotatable bonds is 2. The SMILES string of the molecule is O=C(CBr)c1cc(Br)cc(F)c1Br. The zero-order valence-electron chi connectivity index (χ0n) is 6.28. The minimum atomic E-state index is -0.446. The van der Waals surface area contributed by atoms with Crippen LogP contribution in [-0.4, -0.2) is 11.1 Å². The van der Waals surface area contributed by atoms with Crippen LogP contribution in [0.4, 0.5) is 4.39 Å². The summed E-state index contributed by atoms with van der Waals surface area (Å²) in [5.41, 5.74) is 0.337. The van der Waals surface area contributed by atoms with Gasteiger partial charge in [-0.05, 0) is 28.1 Å². The normalized spacial score (nSPS) is 10.2. The van der Waals surface area contributed by atoms with E-state index < -0.39 is 5.82 Å². The Balaban J connectivity index is 3.28. The van der Waals surface area contributed by atoms with Gasteiger partial charge in [-0.25, -0.2) is 4.39 Å². The molecule has 0 aliphatic heterocycles. The van der Waals surface area contributed by atoms with E-state index >= 15 is 0 Å². The van der Waals surface area contributed by atoms with E-state index in [9.17, 15) is 9.18 Å². The molecular weight excluding hydrogens is 371 g/mol. The second-order valence-corrected chi connectivity index (χ2v) is 4.58. The molecule has 0 saturated carbocycles. The molecule has 1 aromatic carbocycles. The fraction of sp³-hybridized carbons (Fsp3) is 0.125. The van der Waals surface area contributed by atoms with Gasteiger partial charge in [0.2, 0.25) is 0 Å². The lowest BCUT2D eigenvalue weighted by Gasteiger charge is -2.03. The molecule has 0 atom stereocenters. The lowest BCUT2D eigenvalue weighted by atomic mass is 10.1. The molecule has 0 aliphatic rings. The van der Waals surface area contributed by atoms with Gasteiger partial charge in [-0.15, -0.1) is 0 Å². The zero-order valence-corrected chi connectivity index (χ0v) is 11.0. The number of carbonyl (C=O) groups excluding carboxylic acids is 1. The minimum absolute atomic E-state index is 0.160. The highest BCUT2D eigenvalue weighted by Crippen LogP contribution is 2.26. The average molecular weight is 375 g/mol. The van der Waals surface area contributed by atoms with Crippen LogP contribution in [0.25, 0.3) is 0 Å². The average Bonchev–Trinajstić information content (AvgIpc) is 2.10. The largest absolute Gasteiger partial charge is 0.293 e. The lowest BCUT2D eigenvalue weighted by Crippen LogP contribution is -2.02.